The van der Waals surface area contributed by atoms with E-state index in [0.29, 0.717) is 0 Å². The van der Waals surface area contributed by atoms with E-state index >= 15 is 0 Å². The molecule has 1 saturated heterocycles. The normalized spacial score (nSPS) is 15.4. The second-order valence-corrected chi connectivity index (χ2v) is 6.71. The Morgan fingerprint density at radius 1 is 1.09 bits per heavy atom. The summed E-state index contributed by atoms with van der Waals surface area (Å²) in [4.78, 5) is 15.3. The fourth-order valence-electron chi connectivity index (χ4n) is 2.95. The second kappa shape index (κ2) is 6.97. The zero-order valence-corrected chi connectivity index (χ0v) is 13.8. The Hall–Kier alpha value is -1.81. The van der Waals surface area contributed by atoms with E-state index in [1.165, 1.54) is 41.8 Å². The summed E-state index contributed by atoms with van der Waals surface area (Å²) < 4.78 is 0. The van der Waals surface area contributed by atoms with Crippen molar-refractivity contribution >= 4 is 22.2 Å². The van der Waals surface area contributed by atoms with E-state index in [2.05, 4.69) is 34.5 Å². The number of benzene rings is 1. The molecule has 1 amide bonds. The fourth-order valence-corrected chi connectivity index (χ4v) is 4.13. The molecule has 3 rings (SSSR count). The van der Waals surface area contributed by atoms with Crippen molar-refractivity contribution in [1.82, 2.24) is 5.32 Å². The standard InChI is InChI=1S/C18H22N2OS/c1-19-17(21)16-13-15(14-9-5-4-6-10-14)18(22-16)20-11-7-2-3-8-12-20/h4-6,9-10,13H,2-3,7-8,11-12H2,1H3,(H,19,21). The number of carbonyl (C=O) groups is 1. The van der Waals surface area contributed by atoms with E-state index < -0.39 is 0 Å². The molecular formula is C18H22N2OS. The molecular weight excluding hydrogens is 292 g/mol. The van der Waals surface area contributed by atoms with Gasteiger partial charge in [-0.25, -0.2) is 0 Å². The van der Waals surface area contributed by atoms with E-state index in [1.54, 1.807) is 18.4 Å². The van der Waals surface area contributed by atoms with Gasteiger partial charge in [0, 0.05) is 25.7 Å². The predicted molar refractivity (Wildman–Crippen MR) is 93.8 cm³/mol. The molecule has 1 aliphatic heterocycles. The number of anilines is 1. The summed E-state index contributed by atoms with van der Waals surface area (Å²) in [6.07, 6.45) is 5.10. The van der Waals surface area contributed by atoms with Crippen LogP contribution in [0.2, 0.25) is 0 Å². The van der Waals surface area contributed by atoms with Gasteiger partial charge in [-0.2, -0.15) is 0 Å². The number of hydrogen-bond donors (Lipinski definition) is 1. The third-order valence-corrected chi connectivity index (χ3v) is 5.34. The van der Waals surface area contributed by atoms with Crippen molar-refractivity contribution in [2.75, 3.05) is 25.0 Å². The van der Waals surface area contributed by atoms with Gasteiger partial charge in [0.2, 0.25) is 0 Å². The molecule has 1 aromatic carbocycles. The lowest BCUT2D eigenvalue weighted by molar-refractivity contribution is 0.0967. The molecule has 4 heteroatoms. The number of amides is 1. The van der Waals surface area contributed by atoms with Crippen LogP contribution in [0.5, 0.6) is 0 Å². The minimum Gasteiger partial charge on any atom is -0.363 e. The van der Waals surface area contributed by atoms with Crippen LogP contribution in [0, 0.1) is 0 Å². The molecule has 0 bridgehead atoms. The van der Waals surface area contributed by atoms with Gasteiger partial charge in [-0.15, -0.1) is 11.3 Å². The first-order chi connectivity index (χ1) is 10.8. The highest BCUT2D eigenvalue weighted by atomic mass is 32.1. The minimum atomic E-state index is 0.00301. The number of rotatable bonds is 3. The van der Waals surface area contributed by atoms with Crippen molar-refractivity contribution in [1.29, 1.82) is 0 Å². The number of hydrogen-bond acceptors (Lipinski definition) is 3. The quantitative estimate of drug-likeness (QED) is 0.923. The summed E-state index contributed by atoms with van der Waals surface area (Å²) in [6, 6.07) is 12.4. The molecule has 0 saturated carbocycles. The molecule has 22 heavy (non-hydrogen) atoms. The first-order valence-corrected chi connectivity index (χ1v) is 8.77. The van der Waals surface area contributed by atoms with Crippen molar-refractivity contribution in [3.05, 3.63) is 41.3 Å². The summed E-state index contributed by atoms with van der Waals surface area (Å²) in [5, 5.41) is 3.98. The second-order valence-electron chi connectivity index (χ2n) is 5.68. The number of carbonyl (C=O) groups excluding carboxylic acids is 1. The molecule has 1 aromatic heterocycles. The third kappa shape index (κ3) is 3.17. The molecule has 0 radical (unpaired) electrons. The Kier molecular flexibility index (Phi) is 4.78. The molecule has 1 N–H and O–H groups in total. The largest absolute Gasteiger partial charge is 0.363 e. The van der Waals surface area contributed by atoms with Gasteiger partial charge in [-0.1, -0.05) is 43.2 Å². The molecule has 1 fully saturated rings. The summed E-state index contributed by atoms with van der Waals surface area (Å²) in [5.41, 5.74) is 2.37. The highest BCUT2D eigenvalue weighted by Crippen LogP contribution is 2.39. The molecule has 2 aromatic rings. The van der Waals surface area contributed by atoms with Gasteiger partial charge in [0.15, 0.2) is 0 Å². The summed E-state index contributed by atoms with van der Waals surface area (Å²) >= 11 is 1.62. The van der Waals surface area contributed by atoms with Crippen molar-refractivity contribution < 1.29 is 4.79 Å². The Morgan fingerprint density at radius 3 is 2.41 bits per heavy atom. The van der Waals surface area contributed by atoms with Gasteiger partial charge in [0.1, 0.15) is 0 Å². The number of nitrogens with one attached hydrogen (secondary N) is 1. The van der Waals surface area contributed by atoms with Crippen LogP contribution in [0.1, 0.15) is 35.4 Å². The summed E-state index contributed by atoms with van der Waals surface area (Å²) in [6.45, 7) is 2.18. The Morgan fingerprint density at radius 2 is 1.77 bits per heavy atom. The van der Waals surface area contributed by atoms with E-state index in [4.69, 9.17) is 0 Å². The van der Waals surface area contributed by atoms with Crippen LogP contribution in [0.4, 0.5) is 5.00 Å². The topological polar surface area (TPSA) is 32.3 Å². The first kappa shape index (κ1) is 15.1. The smallest absolute Gasteiger partial charge is 0.261 e. The van der Waals surface area contributed by atoms with Gasteiger partial charge in [0.25, 0.3) is 5.91 Å². The van der Waals surface area contributed by atoms with E-state index in [1.807, 2.05) is 12.1 Å². The van der Waals surface area contributed by atoms with Crippen LogP contribution in [-0.2, 0) is 0 Å². The molecule has 3 nitrogen and oxygen atoms in total. The highest BCUT2D eigenvalue weighted by Gasteiger charge is 2.20. The van der Waals surface area contributed by atoms with E-state index in [0.717, 1.165) is 18.0 Å². The van der Waals surface area contributed by atoms with Gasteiger partial charge in [-0.05, 0) is 24.5 Å². The molecule has 0 atom stereocenters. The minimum absolute atomic E-state index is 0.00301. The van der Waals surface area contributed by atoms with Crippen LogP contribution in [0.15, 0.2) is 36.4 Å². The number of thiophene rings is 1. The Bertz CT molecular complexity index is 628. The summed E-state index contributed by atoms with van der Waals surface area (Å²) in [7, 11) is 1.69. The van der Waals surface area contributed by atoms with Crippen LogP contribution < -0.4 is 10.2 Å². The highest BCUT2D eigenvalue weighted by molar-refractivity contribution is 7.18. The number of nitrogens with zero attached hydrogens (tertiary/aromatic N) is 1. The van der Waals surface area contributed by atoms with Crippen molar-refractivity contribution in [3.8, 4) is 11.1 Å². The van der Waals surface area contributed by atoms with Crippen molar-refractivity contribution in [3.63, 3.8) is 0 Å². The van der Waals surface area contributed by atoms with Crippen LogP contribution >= 0.6 is 11.3 Å². The van der Waals surface area contributed by atoms with Crippen molar-refractivity contribution in [2.45, 2.75) is 25.7 Å². The predicted octanol–water partition coefficient (Wildman–Crippen LogP) is 4.16. The molecule has 2 heterocycles. The van der Waals surface area contributed by atoms with E-state index in [-0.39, 0.29) is 5.91 Å². The van der Waals surface area contributed by atoms with Gasteiger partial charge in [-0.3, -0.25) is 4.79 Å². The molecule has 116 valence electrons. The maximum atomic E-state index is 12.0. The van der Waals surface area contributed by atoms with E-state index in [9.17, 15) is 4.79 Å². The lowest BCUT2D eigenvalue weighted by Crippen LogP contribution is -2.23. The molecule has 0 unspecified atom stereocenters. The summed E-state index contributed by atoms with van der Waals surface area (Å²) in [5.74, 6) is 0.00301. The zero-order valence-electron chi connectivity index (χ0n) is 13.0. The van der Waals surface area contributed by atoms with Crippen molar-refractivity contribution in [2.24, 2.45) is 0 Å². The Balaban J connectivity index is 2.02. The monoisotopic (exact) mass is 314 g/mol. The fraction of sp³-hybridized carbons (Fsp3) is 0.389. The average Bonchev–Trinajstić information content (AvgIpc) is 2.83. The maximum Gasteiger partial charge on any atom is 0.261 e. The molecule has 1 aliphatic rings. The SMILES string of the molecule is CNC(=O)c1cc(-c2ccccc2)c(N2CCCCCC2)s1. The van der Waals surface area contributed by atoms with Gasteiger partial charge >= 0.3 is 0 Å². The van der Waals surface area contributed by atoms with Crippen LogP contribution in [-0.4, -0.2) is 26.0 Å². The van der Waals surface area contributed by atoms with Crippen LogP contribution in [0.25, 0.3) is 11.1 Å². The first-order valence-electron chi connectivity index (χ1n) is 7.96. The lowest BCUT2D eigenvalue weighted by Gasteiger charge is -2.22. The van der Waals surface area contributed by atoms with Gasteiger partial charge < -0.3 is 10.2 Å². The zero-order chi connectivity index (χ0) is 15.4. The molecule has 0 aliphatic carbocycles. The molecule has 0 spiro atoms. The van der Waals surface area contributed by atoms with Crippen LogP contribution in [0.3, 0.4) is 0 Å². The average molecular weight is 314 g/mol. The third-order valence-electron chi connectivity index (χ3n) is 4.14. The maximum absolute atomic E-state index is 12.0. The lowest BCUT2D eigenvalue weighted by atomic mass is 10.1. The Labute approximate surface area is 136 Å². The van der Waals surface area contributed by atoms with Gasteiger partial charge in [0.05, 0.1) is 9.88 Å².